The van der Waals surface area contributed by atoms with Gasteiger partial charge >= 0.3 is 5.97 Å². The zero-order valence-corrected chi connectivity index (χ0v) is 15.3. The lowest BCUT2D eigenvalue weighted by molar-refractivity contribution is -0.141. The Morgan fingerprint density at radius 2 is 1.39 bits per heavy atom. The molecule has 0 aromatic heterocycles. The molecule has 0 aliphatic carbocycles. The zero-order chi connectivity index (χ0) is 17.1. The maximum Gasteiger partial charge on any atom is 0.328 e. The van der Waals surface area contributed by atoms with Crippen LogP contribution < -0.4 is 4.90 Å². The van der Waals surface area contributed by atoms with Crippen LogP contribution in [0.5, 0.6) is 0 Å². The van der Waals surface area contributed by atoms with Crippen LogP contribution in [0.4, 0.5) is 11.4 Å². The number of hydrogen-bond acceptors (Lipinski definition) is 3. The molecule has 0 fully saturated rings. The highest BCUT2D eigenvalue weighted by molar-refractivity contribution is 6.45. The van der Waals surface area contributed by atoms with E-state index < -0.39 is 12.0 Å². The number of nitrogens with zero attached hydrogens (tertiary/aromatic N) is 1. The van der Waals surface area contributed by atoms with Crippen LogP contribution in [-0.2, 0) is 9.53 Å². The number of esters is 1. The fourth-order valence-electron chi connectivity index (χ4n) is 2.18. The lowest BCUT2D eigenvalue weighted by Gasteiger charge is -2.31. The van der Waals surface area contributed by atoms with Crippen molar-refractivity contribution in [2.45, 2.75) is 13.0 Å². The molecule has 2 aromatic carbocycles. The first kappa shape index (κ1) is 18.2. The summed E-state index contributed by atoms with van der Waals surface area (Å²) >= 11 is 24.8. The smallest absolute Gasteiger partial charge is 0.328 e. The Bertz CT molecular complexity index is 685. The lowest BCUT2D eigenvalue weighted by atomic mass is 10.1. The SMILES string of the molecule is COC(=O)C(C)N(c1cccc(Cl)c1Cl)c1cccc(Cl)c1Cl. The predicted molar refractivity (Wildman–Crippen MR) is 96.5 cm³/mol. The van der Waals surface area contributed by atoms with E-state index in [0.29, 0.717) is 31.5 Å². The Kier molecular flexibility index (Phi) is 6.04. The number of carbonyl (C=O) groups excluding carboxylic acids is 1. The second-order valence-corrected chi connectivity index (χ2v) is 6.29. The van der Waals surface area contributed by atoms with Crippen LogP contribution in [-0.4, -0.2) is 19.1 Å². The van der Waals surface area contributed by atoms with Gasteiger partial charge in [-0.3, -0.25) is 0 Å². The number of hydrogen-bond donors (Lipinski definition) is 0. The molecule has 122 valence electrons. The molecule has 2 aromatic rings. The average Bonchev–Trinajstić information content (AvgIpc) is 2.54. The third-order valence-electron chi connectivity index (χ3n) is 3.31. The molecule has 0 saturated heterocycles. The first-order chi connectivity index (χ1) is 10.9. The minimum absolute atomic E-state index is 0.306. The van der Waals surface area contributed by atoms with Gasteiger partial charge in [0.25, 0.3) is 0 Å². The minimum Gasteiger partial charge on any atom is -0.467 e. The molecule has 0 heterocycles. The Morgan fingerprint density at radius 1 is 0.957 bits per heavy atom. The average molecular weight is 393 g/mol. The van der Waals surface area contributed by atoms with Gasteiger partial charge in [0.15, 0.2) is 0 Å². The first-order valence-electron chi connectivity index (χ1n) is 6.63. The van der Waals surface area contributed by atoms with Crippen molar-refractivity contribution in [3.63, 3.8) is 0 Å². The maximum absolute atomic E-state index is 12.1. The quantitative estimate of drug-likeness (QED) is 0.597. The van der Waals surface area contributed by atoms with Crippen molar-refractivity contribution in [2.24, 2.45) is 0 Å². The molecule has 0 N–H and O–H groups in total. The van der Waals surface area contributed by atoms with E-state index in [4.69, 9.17) is 51.1 Å². The molecule has 0 amide bonds. The summed E-state index contributed by atoms with van der Waals surface area (Å²) in [6, 6.07) is 9.59. The highest BCUT2D eigenvalue weighted by Crippen LogP contribution is 2.42. The summed E-state index contributed by atoms with van der Waals surface area (Å²) in [7, 11) is 1.32. The van der Waals surface area contributed by atoms with Gasteiger partial charge in [-0.05, 0) is 31.2 Å². The van der Waals surface area contributed by atoms with E-state index in [1.54, 1.807) is 48.2 Å². The highest BCUT2D eigenvalue weighted by atomic mass is 35.5. The third kappa shape index (κ3) is 3.69. The van der Waals surface area contributed by atoms with Crippen LogP contribution in [0, 0.1) is 0 Å². The Labute approximate surface area is 154 Å². The van der Waals surface area contributed by atoms with Crippen molar-refractivity contribution in [3.8, 4) is 0 Å². The molecule has 1 unspecified atom stereocenters. The van der Waals surface area contributed by atoms with Gasteiger partial charge in [0.2, 0.25) is 0 Å². The van der Waals surface area contributed by atoms with Crippen LogP contribution in [0.25, 0.3) is 0 Å². The monoisotopic (exact) mass is 391 g/mol. The Hall–Kier alpha value is -1.13. The van der Waals surface area contributed by atoms with Gasteiger partial charge in [0.05, 0.1) is 38.6 Å². The molecule has 0 aliphatic heterocycles. The van der Waals surface area contributed by atoms with Crippen LogP contribution in [0.3, 0.4) is 0 Å². The largest absolute Gasteiger partial charge is 0.467 e. The summed E-state index contributed by atoms with van der Waals surface area (Å²) < 4.78 is 4.84. The molecule has 0 radical (unpaired) electrons. The fraction of sp³-hybridized carbons (Fsp3) is 0.188. The van der Waals surface area contributed by atoms with Crippen LogP contribution in [0.15, 0.2) is 36.4 Å². The van der Waals surface area contributed by atoms with Gasteiger partial charge in [-0.15, -0.1) is 0 Å². The summed E-state index contributed by atoms with van der Waals surface area (Å²) in [4.78, 5) is 13.7. The summed E-state index contributed by atoms with van der Waals surface area (Å²) in [6.07, 6.45) is 0. The van der Waals surface area contributed by atoms with E-state index in [9.17, 15) is 4.79 Å². The van der Waals surface area contributed by atoms with Gasteiger partial charge < -0.3 is 9.64 Å². The molecule has 1 atom stereocenters. The number of benzene rings is 2. The first-order valence-corrected chi connectivity index (χ1v) is 8.14. The van der Waals surface area contributed by atoms with Crippen molar-refractivity contribution >= 4 is 63.7 Å². The number of carbonyl (C=O) groups is 1. The number of halogens is 4. The van der Waals surface area contributed by atoms with E-state index >= 15 is 0 Å². The molecule has 7 heteroatoms. The fourth-order valence-corrected chi connectivity index (χ4v) is 2.95. The van der Waals surface area contributed by atoms with Gasteiger partial charge in [0.1, 0.15) is 6.04 Å². The molecular formula is C16H13Cl4NO2. The molecule has 0 saturated carbocycles. The lowest BCUT2D eigenvalue weighted by Crippen LogP contribution is -2.36. The predicted octanol–water partition coefficient (Wildman–Crippen LogP) is 6.00. The number of ether oxygens (including phenoxy) is 1. The second-order valence-electron chi connectivity index (χ2n) is 4.72. The van der Waals surface area contributed by atoms with Crippen molar-refractivity contribution in [2.75, 3.05) is 12.0 Å². The van der Waals surface area contributed by atoms with E-state index in [-0.39, 0.29) is 0 Å². The van der Waals surface area contributed by atoms with E-state index in [1.807, 2.05) is 0 Å². The standard InChI is InChI=1S/C16H13Cl4NO2/c1-9(16(22)23-2)21(12-7-3-5-10(17)14(12)19)13-8-4-6-11(18)15(13)20/h3-9H,1-2H3. The third-order valence-corrected chi connectivity index (χ3v) is 4.93. The van der Waals surface area contributed by atoms with Crippen molar-refractivity contribution in [3.05, 3.63) is 56.5 Å². The summed E-state index contributed by atoms with van der Waals surface area (Å²) in [5, 5.41) is 1.34. The van der Waals surface area contributed by atoms with Gasteiger partial charge in [-0.2, -0.15) is 0 Å². The summed E-state index contributed by atoms with van der Waals surface area (Å²) in [5.41, 5.74) is 1.06. The molecule has 0 aliphatic rings. The molecular weight excluding hydrogens is 380 g/mol. The van der Waals surface area contributed by atoms with Crippen molar-refractivity contribution < 1.29 is 9.53 Å². The topological polar surface area (TPSA) is 29.5 Å². The van der Waals surface area contributed by atoms with E-state index in [0.717, 1.165) is 0 Å². The number of methoxy groups -OCH3 is 1. The van der Waals surface area contributed by atoms with E-state index in [2.05, 4.69) is 0 Å². The summed E-state index contributed by atoms with van der Waals surface area (Å²) in [6.45, 7) is 1.68. The van der Waals surface area contributed by atoms with Crippen molar-refractivity contribution in [1.82, 2.24) is 0 Å². The second kappa shape index (κ2) is 7.63. The van der Waals surface area contributed by atoms with E-state index in [1.165, 1.54) is 7.11 Å². The minimum atomic E-state index is -0.688. The molecule has 0 bridgehead atoms. The van der Waals surface area contributed by atoms with Gasteiger partial charge in [0, 0.05) is 0 Å². The molecule has 2 rings (SSSR count). The normalized spacial score (nSPS) is 11.9. The molecule has 3 nitrogen and oxygen atoms in total. The Morgan fingerprint density at radius 3 is 1.78 bits per heavy atom. The molecule has 23 heavy (non-hydrogen) atoms. The number of rotatable bonds is 4. The highest BCUT2D eigenvalue weighted by Gasteiger charge is 2.28. The maximum atomic E-state index is 12.1. The Balaban J connectivity index is 2.68. The molecule has 0 spiro atoms. The number of anilines is 2. The van der Waals surface area contributed by atoms with Gasteiger partial charge in [-0.1, -0.05) is 58.5 Å². The van der Waals surface area contributed by atoms with Gasteiger partial charge in [-0.25, -0.2) is 4.79 Å². The van der Waals surface area contributed by atoms with Crippen LogP contribution >= 0.6 is 46.4 Å². The zero-order valence-electron chi connectivity index (χ0n) is 12.3. The van der Waals surface area contributed by atoms with Crippen LogP contribution in [0.1, 0.15) is 6.92 Å². The van der Waals surface area contributed by atoms with Crippen molar-refractivity contribution in [1.29, 1.82) is 0 Å². The van der Waals surface area contributed by atoms with Crippen LogP contribution in [0.2, 0.25) is 20.1 Å². The summed E-state index contributed by atoms with van der Waals surface area (Å²) in [5.74, 6) is -0.447.